The summed E-state index contributed by atoms with van der Waals surface area (Å²) in [6.45, 7) is 2.95. The van der Waals surface area contributed by atoms with Crippen LogP contribution in [0.1, 0.15) is 5.56 Å². The largest absolute Gasteiger partial charge is 0.486 e. The van der Waals surface area contributed by atoms with Crippen LogP contribution in [0.15, 0.2) is 41.3 Å². The molecular formula is C17H15ClO4S. The van der Waals surface area contributed by atoms with Gasteiger partial charge in [-0.05, 0) is 48.9 Å². The summed E-state index contributed by atoms with van der Waals surface area (Å²) in [4.78, 5) is 12.9. The van der Waals surface area contributed by atoms with Gasteiger partial charge in [0, 0.05) is 9.92 Å². The lowest BCUT2D eigenvalue weighted by Crippen LogP contribution is -2.15. The zero-order chi connectivity index (χ0) is 16.2. The molecule has 0 bridgehead atoms. The number of benzene rings is 2. The van der Waals surface area contributed by atoms with E-state index in [4.69, 9.17) is 25.8 Å². The van der Waals surface area contributed by atoms with Crippen LogP contribution in [-0.4, -0.2) is 24.9 Å². The molecule has 0 saturated carbocycles. The average molecular weight is 351 g/mol. The SMILES string of the molecule is Cc1cc(Cl)ccc1OC(=O)CSc1ccc2c(c1)OCCO2. The first kappa shape index (κ1) is 16.0. The molecule has 0 unspecified atom stereocenters. The number of carbonyl (C=O) groups is 1. The molecule has 0 aromatic heterocycles. The van der Waals surface area contributed by atoms with Gasteiger partial charge >= 0.3 is 5.97 Å². The lowest BCUT2D eigenvalue weighted by atomic mass is 10.2. The number of aryl methyl sites for hydroxylation is 1. The Kier molecular flexibility index (Phi) is 4.98. The summed E-state index contributed by atoms with van der Waals surface area (Å²) < 4.78 is 16.4. The van der Waals surface area contributed by atoms with E-state index in [-0.39, 0.29) is 11.7 Å². The van der Waals surface area contributed by atoms with Gasteiger partial charge in [0.2, 0.25) is 0 Å². The van der Waals surface area contributed by atoms with Crippen LogP contribution in [-0.2, 0) is 4.79 Å². The molecule has 0 N–H and O–H groups in total. The molecule has 2 aromatic carbocycles. The fourth-order valence-corrected chi connectivity index (χ4v) is 3.06. The minimum atomic E-state index is -0.310. The Balaban J connectivity index is 1.58. The van der Waals surface area contributed by atoms with Crippen molar-refractivity contribution in [2.24, 2.45) is 0 Å². The van der Waals surface area contributed by atoms with Crippen LogP contribution in [0.5, 0.6) is 17.2 Å². The zero-order valence-corrected chi connectivity index (χ0v) is 14.1. The average Bonchev–Trinajstić information content (AvgIpc) is 2.55. The number of hydrogen-bond acceptors (Lipinski definition) is 5. The summed E-state index contributed by atoms with van der Waals surface area (Å²) in [5.74, 6) is 1.88. The van der Waals surface area contributed by atoms with Gasteiger partial charge in [0.1, 0.15) is 19.0 Å². The van der Waals surface area contributed by atoms with Crippen LogP contribution in [0.4, 0.5) is 0 Å². The highest BCUT2D eigenvalue weighted by Crippen LogP contribution is 2.34. The van der Waals surface area contributed by atoms with E-state index in [1.54, 1.807) is 18.2 Å². The topological polar surface area (TPSA) is 44.8 Å². The third-order valence-electron chi connectivity index (χ3n) is 3.23. The molecule has 1 aliphatic rings. The number of hydrogen-bond donors (Lipinski definition) is 0. The van der Waals surface area contributed by atoms with Gasteiger partial charge in [-0.3, -0.25) is 4.79 Å². The Bertz CT molecular complexity index is 733. The van der Waals surface area contributed by atoms with Gasteiger partial charge in [-0.15, -0.1) is 11.8 Å². The molecule has 0 fully saturated rings. The second-order valence-electron chi connectivity index (χ2n) is 4.98. The van der Waals surface area contributed by atoms with Crippen molar-refractivity contribution in [2.75, 3.05) is 19.0 Å². The maximum absolute atomic E-state index is 12.0. The Morgan fingerprint density at radius 2 is 1.96 bits per heavy atom. The lowest BCUT2D eigenvalue weighted by Gasteiger charge is -2.18. The van der Waals surface area contributed by atoms with Crippen molar-refractivity contribution in [1.82, 2.24) is 0 Å². The van der Waals surface area contributed by atoms with E-state index >= 15 is 0 Å². The molecule has 1 heterocycles. The van der Waals surface area contributed by atoms with Crippen molar-refractivity contribution < 1.29 is 19.0 Å². The first-order valence-corrected chi connectivity index (χ1v) is 8.47. The summed E-state index contributed by atoms with van der Waals surface area (Å²) in [6.07, 6.45) is 0. The van der Waals surface area contributed by atoms with Gasteiger partial charge in [0.25, 0.3) is 0 Å². The minimum Gasteiger partial charge on any atom is -0.486 e. The molecule has 3 rings (SSSR count). The van der Waals surface area contributed by atoms with Crippen molar-refractivity contribution >= 4 is 29.3 Å². The van der Waals surface area contributed by atoms with Gasteiger partial charge < -0.3 is 14.2 Å². The summed E-state index contributed by atoms with van der Waals surface area (Å²) >= 11 is 7.28. The molecule has 0 aliphatic carbocycles. The third-order valence-corrected chi connectivity index (χ3v) is 4.43. The summed E-state index contributed by atoms with van der Waals surface area (Å²) in [7, 11) is 0. The van der Waals surface area contributed by atoms with Gasteiger partial charge in [-0.2, -0.15) is 0 Å². The van der Waals surface area contributed by atoms with Crippen LogP contribution < -0.4 is 14.2 Å². The zero-order valence-electron chi connectivity index (χ0n) is 12.5. The van der Waals surface area contributed by atoms with Gasteiger partial charge in [0.05, 0.1) is 5.75 Å². The first-order valence-electron chi connectivity index (χ1n) is 7.11. The smallest absolute Gasteiger partial charge is 0.321 e. The standard InChI is InChI=1S/C17H15ClO4S/c1-11-8-12(18)2-4-14(11)22-17(19)10-23-13-3-5-15-16(9-13)21-7-6-20-15/h2-5,8-9H,6-7,10H2,1H3. The molecule has 4 nitrogen and oxygen atoms in total. The highest BCUT2D eigenvalue weighted by atomic mass is 35.5. The van der Waals surface area contributed by atoms with Crippen LogP contribution in [0.2, 0.25) is 5.02 Å². The molecule has 2 aromatic rings. The molecule has 6 heteroatoms. The van der Waals surface area contributed by atoms with Crippen LogP contribution in [0.25, 0.3) is 0 Å². The van der Waals surface area contributed by atoms with Crippen molar-refractivity contribution in [3.8, 4) is 17.2 Å². The Morgan fingerprint density at radius 1 is 1.17 bits per heavy atom. The number of fused-ring (bicyclic) bond motifs is 1. The van der Waals surface area contributed by atoms with E-state index in [2.05, 4.69) is 0 Å². The summed E-state index contributed by atoms with van der Waals surface area (Å²) in [5, 5.41) is 0.618. The highest BCUT2D eigenvalue weighted by Gasteiger charge is 2.13. The molecule has 0 spiro atoms. The van der Waals surface area contributed by atoms with Gasteiger partial charge in [0.15, 0.2) is 11.5 Å². The first-order chi connectivity index (χ1) is 11.1. The summed E-state index contributed by atoms with van der Waals surface area (Å²) in [5.41, 5.74) is 0.829. The maximum Gasteiger partial charge on any atom is 0.321 e. The molecule has 0 amide bonds. The van der Waals surface area contributed by atoms with E-state index in [0.29, 0.717) is 29.7 Å². The second kappa shape index (κ2) is 7.15. The van der Waals surface area contributed by atoms with Crippen LogP contribution >= 0.6 is 23.4 Å². The van der Waals surface area contributed by atoms with Crippen molar-refractivity contribution in [3.63, 3.8) is 0 Å². The molecule has 0 atom stereocenters. The molecule has 0 radical (unpaired) electrons. The Morgan fingerprint density at radius 3 is 2.74 bits per heavy atom. The van der Waals surface area contributed by atoms with Gasteiger partial charge in [-0.25, -0.2) is 0 Å². The monoisotopic (exact) mass is 350 g/mol. The van der Waals surface area contributed by atoms with Crippen molar-refractivity contribution in [2.45, 2.75) is 11.8 Å². The molecule has 0 saturated heterocycles. The molecule has 23 heavy (non-hydrogen) atoms. The summed E-state index contributed by atoms with van der Waals surface area (Å²) in [6, 6.07) is 10.8. The number of halogens is 1. The highest BCUT2D eigenvalue weighted by molar-refractivity contribution is 8.00. The lowest BCUT2D eigenvalue weighted by molar-refractivity contribution is -0.131. The number of carbonyl (C=O) groups excluding carboxylic acids is 1. The predicted octanol–water partition coefficient (Wildman–Crippen LogP) is 4.12. The molecular weight excluding hydrogens is 336 g/mol. The predicted molar refractivity (Wildman–Crippen MR) is 90.0 cm³/mol. The van der Waals surface area contributed by atoms with E-state index in [9.17, 15) is 4.79 Å². The van der Waals surface area contributed by atoms with E-state index < -0.39 is 0 Å². The quantitative estimate of drug-likeness (QED) is 0.471. The van der Waals surface area contributed by atoms with Gasteiger partial charge in [-0.1, -0.05) is 11.6 Å². The number of thioether (sulfide) groups is 1. The van der Waals surface area contributed by atoms with E-state index in [1.807, 2.05) is 25.1 Å². The van der Waals surface area contributed by atoms with E-state index in [1.165, 1.54) is 11.8 Å². The Labute approximate surface area is 143 Å². The van der Waals surface area contributed by atoms with Crippen LogP contribution in [0.3, 0.4) is 0 Å². The maximum atomic E-state index is 12.0. The van der Waals surface area contributed by atoms with E-state index in [0.717, 1.165) is 16.2 Å². The fourth-order valence-electron chi connectivity index (χ4n) is 2.14. The Hall–Kier alpha value is -1.85. The number of rotatable bonds is 4. The molecule has 120 valence electrons. The number of esters is 1. The van der Waals surface area contributed by atoms with Crippen LogP contribution in [0, 0.1) is 6.92 Å². The minimum absolute atomic E-state index is 0.210. The fraction of sp³-hybridized carbons (Fsp3) is 0.235. The molecule has 1 aliphatic heterocycles. The van der Waals surface area contributed by atoms with Crippen molar-refractivity contribution in [1.29, 1.82) is 0 Å². The van der Waals surface area contributed by atoms with Crippen molar-refractivity contribution in [3.05, 3.63) is 47.0 Å². The third kappa shape index (κ3) is 4.12. The normalized spacial score (nSPS) is 12.8. The second-order valence-corrected chi connectivity index (χ2v) is 6.46. The number of ether oxygens (including phenoxy) is 3.